The summed E-state index contributed by atoms with van der Waals surface area (Å²) in [4.78, 5) is 4.76. The molecule has 4 atom stereocenters. The van der Waals surface area contributed by atoms with Crippen molar-refractivity contribution >= 4 is 5.96 Å². The van der Waals surface area contributed by atoms with E-state index in [0.717, 1.165) is 29.6 Å². The van der Waals surface area contributed by atoms with Crippen LogP contribution in [0.1, 0.15) is 44.9 Å². The molecule has 4 aliphatic carbocycles. The number of guanidine groups is 1. The summed E-state index contributed by atoms with van der Waals surface area (Å²) < 4.78 is 0. The van der Waals surface area contributed by atoms with Gasteiger partial charge in [-0.25, -0.2) is 4.99 Å². The van der Waals surface area contributed by atoms with Crippen LogP contribution in [0.2, 0.25) is 0 Å². The molecule has 2 bridgehead atoms. The topological polar surface area (TPSA) is 50.4 Å². The zero-order valence-corrected chi connectivity index (χ0v) is 10.4. The predicted octanol–water partition coefficient (Wildman–Crippen LogP) is 1.88. The SMILES string of the molecule is NC(=NC1C2C3CCC(C3)C12)NC1CCCC1. The van der Waals surface area contributed by atoms with E-state index in [9.17, 15) is 0 Å². The summed E-state index contributed by atoms with van der Waals surface area (Å²) in [6.45, 7) is 0. The second kappa shape index (κ2) is 3.63. The zero-order valence-electron chi connectivity index (χ0n) is 10.4. The van der Waals surface area contributed by atoms with Gasteiger partial charge in [-0.1, -0.05) is 12.8 Å². The van der Waals surface area contributed by atoms with Crippen LogP contribution in [0.3, 0.4) is 0 Å². The molecule has 94 valence electrons. The van der Waals surface area contributed by atoms with Crippen molar-refractivity contribution in [2.75, 3.05) is 0 Å². The molecule has 0 spiro atoms. The maximum absolute atomic E-state index is 6.05. The van der Waals surface area contributed by atoms with E-state index in [2.05, 4.69) is 5.32 Å². The molecule has 0 saturated heterocycles. The first kappa shape index (κ1) is 10.2. The van der Waals surface area contributed by atoms with E-state index in [4.69, 9.17) is 10.7 Å². The highest BCUT2D eigenvalue weighted by molar-refractivity contribution is 5.78. The highest BCUT2D eigenvalue weighted by Gasteiger charge is 2.65. The highest BCUT2D eigenvalue weighted by Crippen LogP contribution is 2.66. The third-order valence-corrected chi connectivity index (χ3v) is 5.69. The van der Waals surface area contributed by atoms with Gasteiger partial charge in [0.1, 0.15) is 0 Å². The standard InChI is InChI=1S/C14H23N3/c15-14(16-10-3-1-2-4-10)17-13-11-8-5-6-9(7-8)12(11)13/h8-13H,1-7H2,(H3,15,16,17). The Morgan fingerprint density at radius 3 is 2.29 bits per heavy atom. The van der Waals surface area contributed by atoms with Crippen molar-refractivity contribution in [3.8, 4) is 0 Å². The molecule has 3 nitrogen and oxygen atoms in total. The van der Waals surface area contributed by atoms with Crippen LogP contribution in [0.4, 0.5) is 0 Å². The molecule has 3 N–H and O–H groups in total. The van der Waals surface area contributed by atoms with Crippen LogP contribution in [-0.4, -0.2) is 18.0 Å². The average molecular weight is 233 g/mol. The van der Waals surface area contributed by atoms with Crippen LogP contribution in [0.25, 0.3) is 0 Å². The molecule has 0 aromatic heterocycles. The quantitative estimate of drug-likeness (QED) is 0.565. The Balaban J connectivity index is 1.38. The van der Waals surface area contributed by atoms with Crippen molar-refractivity contribution in [1.29, 1.82) is 0 Å². The first-order valence-corrected chi connectivity index (χ1v) is 7.43. The molecule has 0 amide bonds. The van der Waals surface area contributed by atoms with Crippen LogP contribution < -0.4 is 11.1 Å². The number of hydrogen-bond acceptors (Lipinski definition) is 1. The van der Waals surface area contributed by atoms with Gasteiger partial charge < -0.3 is 11.1 Å². The Morgan fingerprint density at radius 1 is 1.00 bits per heavy atom. The zero-order chi connectivity index (χ0) is 11.4. The number of nitrogens with zero attached hydrogens (tertiary/aromatic N) is 1. The molecule has 0 radical (unpaired) electrons. The van der Waals surface area contributed by atoms with E-state index < -0.39 is 0 Å². The Morgan fingerprint density at radius 2 is 1.65 bits per heavy atom. The number of nitrogens with one attached hydrogen (secondary N) is 1. The van der Waals surface area contributed by atoms with Crippen LogP contribution in [0.15, 0.2) is 4.99 Å². The third kappa shape index (κ3) is 1.58. The first-order chi connectivity index (χ1) is 8.33. The minimum Gasteiger partial charge on any atom is -0.370 e. The summed E-state index contributed by atoms with van der Waals surface area (Å²) in [7, 11) is 0. The number of rotatable bonds is 2. The van der Waals surface area contributed by atoms with Gasteiger partial charge in [0, 0.05) is 6.04 Å². The van der Waals surface area contributed by atoms with E-state index >= 15 is 0 Å². The summed E-state index contributed by atoms with van der Waals surface area (Å²) in [5, 5.41) is 3.42. The minimum atomic E-state index is 0.593. The second-order valence-corrected chi connectivity index (χ2v) is 6.62. The molecule has 4 aliphatic rings. The lowest BCUT2D eigenvalue weighted by molar-refractivity contribution is 0.456. The molecule has 3 heteroatoms. The van der Waals surface area contributed by atoms with Crippen LogP contribution in [0, 0.1) is 23.7 Å². The molecule has 4 unspecified atom stereocenters. The summed E-state index contributed by atoms with van der Waals surface area (Å²) in [5.74, 6) is 4.56. The molecule has 4 rings (SSSR count). The van der Waals surface area contributed by atoms with E-state index in [1.807, 2.05) is 0 Å². The van der Waals surface area contributed by atoms with E-state index in [1.165, 1.54) is 44.9 Å². The first-order valence-electron chi connectivity index (χ1n) is 7.43. The van der Waals surface area contributed by atoms with Gasteiger partial charge in [-0.3, -0.25) is 0 Å². The smallest absolute Gasteiger partial charge is 0.189 e. The van der Waals surface area contributed by atoms with Gasteiger partial charge >= 0.3 is 0 Å². The van der Waals surface area contributed by atoms with E-state index in [1.54, 1.807) is 0 Å². The van der Waals surface area contributed by atoms with Crippen LogP contribution >= 0.6 is 0 Å². The van der Waals surface area contributed by atoms with Gasteiger partial charge in [-0.15, -0.1) is 0 Å². The van der Waals surface area contributed by atoms with Gasteiger partial charge in [0.25, 0.3) is 0 Å². The second-order valence-electron chi connectivity index (χ2n) is 6.62. The van der Waals surface area contributed by atoms with Gasteiger partial charge in [0.2, 0.25) is 0 Å². The van der Waals surface area contributed by atoms with Crippen LogP contribution in [0.5, 0.6) is 0 Å². The van der Waals surface area contributed by atoms with Crippen molar-refractivity contribution in [3.63, 3.8) is 0 Å². The Labute approximate surface area is 103 Å². The molecule has 0 aromatic carbocycles. The monoisotopic (exact) mass is 233 g/mol. The highest BCUT2D eigenvalue weighted by atomic mass is 15.1. The summed E-state index contributed by atoms with van der Waals surface area (Å²) in [5.41, 5.74) is 6.05. The molecular weight excluding hydrogens is 210 g/mol. The van der Waals surface area contributed by atoms with Gasteiger partial charge in [0.05, 0.1) is 6.04 Å². The summed E-state index contributed by atoms with van der Waals surface area (Å²) in [6, 6.07) is 1.20. The predicted molar refractivity (Wildman–Crippen MR) is 68.6 cm³/mol. The summed E-state index contributed by atoms with van der Waals surface area (Å²) >= 11 is 0. The Bertz CT molecular complexity index is 329. The largest absolute Gasteiger partial charge is 0.370 e. The molecule has 17 heavy (non-hydrogen) atoms. The lowest BCUT2D eigenvalue weighted by Crippen LogP contribution is -2.39. The molecule has 4 fully saturated rings. The fraction of sp³-hybridized carbons (Fsp3) is 0.929. The number of hydrogen-bond donors (Lipinski definition) is 2. The van der Waals surface area contributed by atoms with Gasteiger partial charge in [-0.2, -0.15) is 0 Å². The fourth-order valence-corrected chi connectivity index (χ4v) is 4.93. The minimum absolute atomic E-state index is 0.593. The number of fused-ring (bicyclic) bond motifs is 5. The van der Waals surface area contributed by atoms with E-state index in [0.29, 0.717) is 12.1 Å². The third-order valence-electron chi connectivity index (χ3n) is 5.69. The van der Waals surface area contributed by atoms with Crippen molar-refractivity contribution in [2.24, 2.45) is 34.4 Å². The van der Waals surface area contributed by atoms with Gasteiger partial charge in [0.15, 0.2) is 5.96 Å². The van der Waals surface area contributed by atoms with E-state index in [-0.39, 0.29) is 0 Å². The van der Waals surface area contributed by atoms with Crippen molar-refractivity contribution in [2.45, 2.75) is 57.0 Å². The average Bonchev–Trinajstić information content (AvgIpc) is 2.80. The molecule has 0 aliphatic heterocycles. The molecule has 0 aromatic rings. The number of aliphatic imine (C=N–C) groups is 1. The molecule has 0 heterocycles. The Kier molecular flexibility index (Phi) is 2.18. The molecular formula is C14H23N3. The van der Waals surface area contributed by atoms with Gasteiger partial charge in [-0.05, 0) is 55.8 Å². The van der Waals surface area contributed by atoms with Crippen molar-refractivity contribution in [1.82, 2.24) is 5.32 Å². The van der Waals surface area contributed by atoms with Crippen LogP contribution in [-0.2, 0) is 0 Å². The van der Waals surface area contributed by atoms with Crippen molar-refractivity contribution < 1.29 is 0 Å². The maximum Gasteiger partial charge on any atom is 0.189 e. The lowest BCUT2D eigenvalue weighted by atomic mass is 10.0. The lowest BCUT2D eigenvalue weighted by Gasteiger charge is -2.13. The molecule has 4 saturated carbocycles. The van der Waals surface area contributed by atoms with Crippen molar-refractivity contribution in [3.05, 3.63) is 0 Å². The number of nitrogens with two attached hydrogens (primary N) is 1. The Hall–Kier alpha value is -0.730. The maximum atomic E-state index is 6.05. The fourth-order valence-electron chi connectivity index (χ4n) is 4.93. The normalized spacial score (nSPS) is 48.5. The summed E-state index contributed by atoms with van der Waals surface area (Å²) in [6.07, 6.45) is 9.68.